The second-order valence-corrected chi connectivity index (χ2v) is 8.78. The van der Waals surface area contributed by atoms with Crippen molar-refractivity contribution in [3.63, 3.8) is 0 Å². The first-order chi connectivity index (χ1) is 15.0. The monoisotopic (exact) mass is 409 g/mol. The number of carbonyl (C=O) groups excluding carboxylic acids is 1. The number of carbonyl (C=O) groups is 1. The Labute approximate surface area is 180 Å². The highest BCUT2D eigenvalue weighted by atomic mass is 16.1. The molecule has 31 heavy (non-hydrogen) atoms. The number of nitrogens with one attached hydrogen (secondary N) is 1. The molecule has 0 aliphatic heterocycles. The van der Waals surface area contributed by atoms with E-state index >= 15 is 0 Å². The van der Waals surface area contributed by atoms with Gasteiger partial charge in [-0.1, -0.05) is 26.0 Å². The van der Waals surface area contributed by atoms with Crippen LogP contribution in [0.15, 0.2) is 67.3 Å². The molecule has 0 saturated heterocycles. The van der Waals surface area contributed by atoms with E-state index in [-0.39, 0.29) is 17.4 Å². The Morgan fingerprint density at radius 1 is 1.03 bits per heavy atom. The van der Waals surface area contributed by atoms with Crippen molar-refractivity contribution in [3.05, 3.63) is 84.1 Å². The van der Waals surface area contributed by atoms with Gasteiger partial charge < -0.3 is 5.32 Å². The molecule has 0 saturated carbocycles. The van der Waals surface area contributed by atoms with Gasteiger partial charge in [0.05, 0.1) is 17.3 Å². The van der Waals surface area contributed by atoms with Crippen LogP contribution in [0.2, 0.25) is 0 Å². The van der Waals surface area contributed by atoms with Gasteiger partial charge in [0.25, 0.3) is 5.91 Å². The van der Waals surface area contributed by atoms with Crippen molar-refractivity contribution in [1.29, 1.82) is 0 Å². The molecule has 1 aliphatic carbocycles. The van der Waals surface area contributed by atoms with Crippen LogP contribution in [-0.2, 0) is 6.42 Å². The zero-order valence-corrected chi connectivity index (χ0v) is 17.5. The summed E-state index contributed by atoms with van der Waals surface area (Å²) >= 11 is 0. The Balaban J connectivity index is 1.49. The van der Waals surface area contributed by atoms with Gasteiger partial charge >= 0.3 is 0 Å². The van der Waals surface area contributed by atoms with E-state index in [1.165, 1.54) is 0 Å². The quantitative estimate of drug-likeness (QED) is 0.538. The normalized spacial score (nSPS) is 17.2. The molecular weight excluding hydrogens is 386 g/mol. The molecule has 1 aliphatic rings. The molecule has 1 N–H and O–H groups in total. The summed E-state index contributed by atoms with van der Waals surface area (Å²) in [4.78, 5) is 31.2. The third kappa shape index (κ3) is 3.77. The van der Waals surface area contributed by atoms with Gasteiger partial charge in [0.2, 0.25) is 0 Å². The largest absolute Gasteiger partial charge is 0.345 e. The summed E-state index contributed by atoms with van der Waals surface area (Å²) in [6.07, 6.45) is 8.76. The van der Waals surface area contributed by atoms with Crippen molar-refractivity contribution in [2.24, 2.45) is 5.41 Å². The fraction of sp³-hybridized carbons (Fsp3) is 0.240. The molecule has 0 spiro atoms. The lowest BCUT2D eigenvalue weighted by molar-refractivity contribution is 0.0920. The van der Waals surface area contributed by atoms with E-state index in [1.807, 2.05) is 48.7 Å². The van der Waals surface area contributed by atoms with E-state index in [2.05, 4.69) is 34.1 Å². The van der Waals surface area contributed by atoms with Crippen LogP contribution in [-0.4, -0.2) is 25.8 Å². The number of fused-ring (bicyclic) bond motifs is 2. The second-order valence-electron chi connectivity index (χ2n) is 8.78. The first-order valence-corrected chi connectivity index (χ1v) is 10.4. The molecule has 0 bridgehead atoms. The van der Waals surface area contributed by atoms with Crippen LogP contribution in [0.4, 0.5) is 0 Å². The molecule has 3 aromatic heterocycles. The van der Waals surface area contributed by atoms with Crippen molar-refractivity contribution < 1.29 is 4.79 Å². The molecule has 0 unspecified atom stereocenters. The molecule has 1 atom stereocenters. The lowest BCUT2D eigenvalue weighted by atomic mass is 9.74. The Bertz CT molecular complexity index is 1260. The zero-order valence-electron chi connectivity index (χ0n) is 17.5. The first kappa shape index (κ1) is 19.3. The summed E-state index contributed by atoms with van der Waals surface area (Å²) in [7, 11) is 0. The Kier molecular flexibility index (Phi) is 4.70. The van der Waals surface area contributed by atoms with E-state index in [9.17, 15) is 4.79 Å². The smallest absolute Gasteiger partial charge is 0.252 e. The number of benzene rings is 1. The maximum absolute atomic E-state index is 13.2. The average molecular weight is 409 g/mol. The van der Waals surface area contributed by atoms with E-state index in [0.717, 1.165) is 40.6 Å². The van der Waals surface area contributed by atoms with Gasteiger partial charge in [-0.3, -0.25) is 14.8 Å². The van der Waals surface area contributed by atoms with Crippen LogP contribution in [0.25, 0.3) is 22.3 Å². The Morgan fingerprint density at radius 3 is 2.74 bits per heavy atom. The minimum atomic E-state index is -0.152. The maximum atomic E-state index is 13.2. The summed E-state index contributed by atoms with van der Waals surface area (Å²) in [5.74, 6) is 0.554. The zero-order chi connectivity index (χ0) is 21.4. The number of rotatable bonds is 3. The van der Waals surface area contributed by atoms with Crippen molar-refractivity contribution in [3.8, 4) is 11.4 Å². The van der Waals surface area contributed by atoms with Gasteiger partial charge in [-0.05, 0) is 48.6 Å². The Hall–Kier alpha value is -3.67. The second kappa shape index (κ2) is 7.54. The lowest BCUT2D eigenvalue weighted by Crippen LogP contribution is -2.37. The predicted molar refractivity (Wildman–Crippen MR) is 119 cm³/mol. The topological polar surface area (TPSA) is 80.7 Å². The molecule has 1 amide bonds. The number of hydrogen-bond acceptors (Lipinski definition) is 5. The van der Waals surface area contributed by atoms with Crippen LogP contribution >= 0.6 is 0 Å². The van der Waals surface area contributed by atoms with Gasteiger partial charge in [0.1, 0.15) is 0 Å². The summed E-state index contributed by atoms with van der Waals surface area (Å²) < 4.78 is 0. The van der Waals surface area contributed by atoms with Crippen LogP contribution in [0, 0.1) is 5.41 Å². The predicted octanol–water partition coefficient (Wildman–Crippen LogP) is 4.53. The van der Waals surface area contributed by atoms with Crippen molar-refractivity contribution >= 4 is 16.8 Å². The van der Waals surface area contributed by atoms with Crippen LogP contribution in [0.5, 0.6) is 0 Å². The number of aromatic nitrogens is 4. The van der Waals surface area contributed by atoms with Gasteiger partial charge in [0, 0.05) is 46.9 Å². The minimum absolute atomic E-state index is 0.00577. The Morgan fingerprint density at radius 2 is 1.90 bits per heavy atom. The van der Waals surface area contributed by atoms with E-state index < -0.39 is 0 Å². The molecule has 0 radical (unpaired) electrons. The van der Waals surface area contributed by atoms with Gasteiger partial charge in [0.15, 0.2) is 5.82 Å². The standard InChI is InChI=1S/C25H23N5O/c1-25(2)12-21-19(15-28-23(29-21)16-6-4-10-26-14-16)22(13-25)30-24(31)18-7-3-9-20-17(18)8-5-11-27-20/h3-11,14-15,22H,12-13H2,1-2H3,(H,30,31)/t22-/m0/s1. The van der Waals surface area contributed by atoms with Crippen LogP contribution in [0.1, 0.15) is 47.9 Å². The third-order valence-electron chi connectivity index (χ3n) is 5.79. The van der Waals surface area contributed by atoms with Gasteiger partial charge in [-0.15, -0.1) is 0 Å². The molecule has 4 aromatic rings. The van der Waals surface area contributed by atoms with Crippen molar-refractivity contribution in [1.82, 2.24) is 25.3 Å². The van der Waals surface area contributed by atoms with Gasteiger partial charge in [-0.25, -0.2) is 9.97 Å². The van der Waals surface area contributed by atoms with Crippen LogP contribution in [0.3, 0.4) is 0 Å². The first-order valence-electron chi connectivity index (χ1n) is 10.4. The molecule has 1 aromatic carbocycles. The van der Waals surface area contributed by atoms with Crippen LogP contribution < -0.4 is 5.32 Å². The summed E-state index contributed by atoms with van der Waals surface area (Å²) in [5, 5.41) is 4.09. The molecular formula is C25H23N5O. The maximum Gasteiger partial charge on any atom is 0.252 e. The lowest BCUT2D eigenvalue weighted by Gasteiger charge is -2.36. The van der Waals surface area contributed by atoms with E-state index in [1.54, 1.807) is 18.6 Å². The minimum Gasteiger partial charge on any atom is -0.345 e. The molecule has 154 valence electrons. The fourth-order valence-electron chi connectivity index (χ4n) is 4.35. The molecule has 0 fully saturated rings. The molecule has 6 heteroatoms. The number of amides is 1. The van der Waals surface area contributed by atoms with E-state index in [4.69, 9.17) is 4.98 Å². The molecule has 5 rings (SSSR count). The van der Waals surface area contributed by atoms with E-state index in [0.29, 0.717) is 11.4 Å². The fourth-order valence-corrected chi connectivity index (χ4v) is 4.35. The highest BCUT2D eigenvalue weighted by Crippen LogP contribution is 2.40. The third-order valence-corrected chi connectivity index (χ3v) is 5.79. The van der Waals surface area contributed by atoms with Gasteiger partial charge in [-0.2, -0.15) is 0 Å². The highest BCUT2D eigenvalue weighted by molar-refractivity contribution is 6.06. The average Bonchev–Trinajstić information content (AvgIpc) is 2.78. The van der Waals surface area contributed by atoms with Crippen molar-refractivity contribution in [2.75, 3.05) is 0 Å². The number of hydrogen-bond donors (Lipinski definition) is 1. The SMILES string of the molecule is CC1(C)Cc2nc(-c3cccnc3)ncc2[C@@H](NC(=O)c2cccc3ncccc23)C1. The highest BCUT2D eigenvalue weighted by Gasteiger charge is 2.35. The number of nitrogens with zero attached hydrogens (tertiary/aromatic N) is 4. The molecule has 3 heterocycles. The summed E-state index contributed by atoms with van der Waals surface area (Å²) in [5.41, 5.74) is 4.30. The number of pyridine rings is 2. The molecule has 6 nitrogen and oxygen atoms in total. The van der Waals surface area contributed by atoms with Crippen molar-refractivity contribution in [2.45, 2.75) is 32.7 Å². The summed E-state index contributed by atoms with van der Waals surface area (Å²) in [6.45, 7) is 4.42. The summed E-state index contributed by atoms with van der Waals surface area (Å²) in [6, 6.07) is 13.1.